The SMILES string of the molecule is CC(=O)C[C@@H](C=O)NC(=O)CN1C(=O)[C@@H](NC(=O)c2cnc3ccccc3n2)CN(C(=O)CO)c2ccccc21. The summed E-state index contributed by atoms with van der Waals surface area (Å²) in [6, 6.07) is 10.7. The van der Waals surface area contributed by atoms with Gasteiger partial charge in [-0.25, -0.2) is 4.98 Å². The van der Waals surface area contributed by atoms with Crippen molar-refractivity contribution in [2.75, 3.05) is 29.5 Å². The molecule has 0 spiro atoms. The molecule has 0 fully saturated rings. The van der Waals surface area contributed by atoms with E-state index in [-0.39, 0.29) is 35.8 Å². The minimum atomic E-state index is -1.35. The third kappa shape index (κ3) is 6.15. The molecule has 4 amide bonds. The first-order valence-corrected chi connectivity index (χ1v) is 12.3. The molecule has 0 aliphatic carbocycles. The Hall–Kier alpha value is -5.04. The van der Waals surface area contributed by atoms with Gasteiger partial charge in [-0.2, -0.15) is 0 Å². The van der Waals surface area contributed by atoms with E-state index in [4.69, 9.17) is 0 Å². The number of rotatable bonds is 9. The van der Waals surface area contributed by atoms with E-state index in [1.807, 2.05) is 0 Å². The largest absolute Gasteiger partial charge is 0.387 e. The lowest BCUT2D eigenvalue weighted by Crippen LogP contribution is -2.55. The van der Waals surface area contributed by atoms with Gasteiger partial charge in [0.1, 0.15) is 37.0 Å². The maximum atomic E-state index is 13.8. The van der Waals surface area contributed by atoms with Gasteiger partial charge >= 0.3 is 0 Å². The van der Waals surface area contributed by atoms with Gasteiger partial charge in [0, 0.05) is 6.42 Å². The first kappa shape index (κ1) is 28.0. The van der Waals surface area contributed by atoms with E-state index in [9.17, 15) is 33.9 Å². The molecular formula is C27H26N6O7. The van der Waals surface area contributed by atoms with Crippen LogP contribution in [0.3, 0.4) is 0 Å². The molecule has 0 bridgehead atoms. The Bertz CT molecular complexity index is 1490. The molecule has 1 aromatic heterocycles. The Balaban J connectivity index is 1.66. The summed E-state index contributed by atoms with van der Waals surface area (Å²) in [4.78, 5) is 86.0. The Morgan fingerprint density at radius 1 is 1.07 bits per heavy atom. The number of aldehydes is 1. The molecule has 1 aliphatic heterocycles. The molecule has 0 saturated carbocycles. The Kier molecular flexibility index (Phi) is 8.54. The lowest BCUT2D eigenvalue weighted by Gasteiger charge is -2.25. The smallest absolute Gasteiger partial charge is 0.272 e. The number of aliphatic hydroxyl groups is 1. The van der Waals surface area contributed by atoms with E-state index >= 15 is 0 Å². The number of ketones is 1. The van der Waals surface area contributed by atoms with E-state index < -0.39 is 48.9 Å². The lowest BCUT2D eigenvalue weighted by atomic mass is 10.1. The minimum Gasteiger partial charge on any atom is -0.387 e. The van der Waals surface area contributed by atoms with Crippen molar-refractivity contribution in [3.63, 3.8) is 0 Å². The maximum Gasteiger partial charge on any atom is 0.272 e. The number of aliphatic hydroxyl groups excluding tert-OH is 1. The number of hydrogen-bond donors (Lipinski definition) is 3. The number of amides is 4. The molecule has 2 atom stereocenters. The summed E-state index contributed by atoms with van der Waals surface area (Å²) in [5, 5.41) is 14.6. The van der Waals surface area contributed by atoms with Crippen LogP contribution >= 0.6 is 0 Å². The van der Waals surface area contributed by atoms with Crippen LogP contribution in [0, 0.1) is 0 Å². The zero-order valence-electron chi connectivity index (χ0n) is 21.4. The second kappa shape index (κ2) is 12.2. The molecule has 3 N–H and O–H groups in total. The number of aromatic nitrogens is 2. The summed E-state index contributed by atoms with van der Waals surface area (Å²) in [7, 11) is 0. The first-order chi connectivity index (χ1) is 19.2. The number of nitrogens with zero attached hydrogens (tertiary/aromatic N) is 4. The summed E-state index contributed by atoms with van der Waals surface area (Å²) in [5.74, 6) is -3.27. The van der Waals surface area contributed by atoms with Crippen LogP contribution in [-0.2, 0) is 24.0 Å². The Morgan fingerprint density at radius 3 is 2.42 bits per heavy atom. The van der Waals surface area contributed by atoms with Crippen molar-refractivity contribution < 1.29 is 33.9 Å². The fourth-order valence-electron chi connectivity index (χ4n) is 4.32. The van der Waals surface area contributed by atoms with E-state index in [2.05, 4.69) is 20.6 Å². The highest BCUT2D eigenvalue weighted by atomic mass is 16.3. The molecule has 1 aliphatic rings. The second-order valence-corrected chi connectivity index (χ2v) is 9.06. The number of para-hydroxylation sites is 4. The van der Waals surface area contributed by atoms with Crippen LogP contribution < -0.4 is 20.4 Å². The molecule has 13 heteroatoms. The normalized spacial score (nSPS) is 15.6. The van der Waals surface area contributed by atoms with Gasteiger partial charge in [0.25, 0.3) is 17.7 Å². The third-order valence-corrected chi connectivity index (χ3v) is 6.14. The molecule has 206 valence electrons. The highest BCUT2D eigenvalue weighted by molar-refractivity contribution is 6.11. The molecule has 4 rings (SSSR count). The average Bonchev–Trinajstić information content (AvgIpc) is 3.06. The van der Waals surface area contributed by atoms with Crippen molar-refractivity contribution in [3.05, 3.63) is 60.4 Å². The standard InChI is InChI=1S/C27H26N6O7/c1-16(36)10-17(14-34)29-24(37)13-33-23-9-5-4-8-22(23)32(25(38)15-35)12-21(27(33)40)31-26(39)20-11-28-18-6-2-3-7-19(18)30-20/h2-9,11,14,17,21,35H,10,12-13,15H2,1H3,(H,29,37)(H,31,39)/t17-,21-/m0/s1. The quantitative estimate of drug-likeness (QED) is 0.306. The van der Waals surface area contributed by atoms with Crippen molar-refractivity contribution in [3.8, 4) is 0 Å². The molecule has 40 heavy (non-hydrogen) atoms. The molecule has 2 heterocycles. The number of hydrogen-bond acceptors (Lipinski definition) is 9. The minimum absolute atomic E-state index is 0.0735. The van der Waals surface area contributed by atoms with Gasteiger partial charge in [-0.05, 0) is 31.2 Å². The van der Waals surface area contributed by atoms with Gasteiger partial charge in [-0.3, -0.25) is 33.9 Å². The average molecular weight is 547 g/mol. The topological polar surface area (TPSA) is 179 Å². The first-order valence-electron chi connectivity index (χ1n) is 12.3. The van der Waals surface area contributed by atoms with Crippen LogP contribution in [0.5, 0.6) is 0 Å². The number of anilines is 2. The van der Waals surface area contributed by atoms with E-state index in [1.165, 1.54) is 25.3 Å². The monoisotopic (exact) mass is 546 g/mol. The summed E-state index contributed by atoms with van der Waals surface area (Å²) >= 11 is 0. The van der Waals surface area contributed by atoms with Gasteiger partial charge in [0.2, 0.25) is 5.91 Å². The molecule has 13 nitrogen and oxygen atoms in total. The van der Waals surface area contributed by atoms with Crippen LogP contribution in [0.15, 0.2) is 54.7 Å². The Morgan fingerprint density at radius 2 is 1.75 bits per heavy atom. The van der Waals surface area contributed by atoms with Crippen LogP contribution in [0.2, 0.25) is 0 Å². The third-order valence-electron chi connectivity index (χ3n) is 6.14. The molecule has 3 aromatic rings. The van der Waals surface area contributed by atoms with Crippen LogP contribution in [0.1, 0.15) is 23.8 Å². The summed E-state index contributed by atoms with van der Waals surface area (Å²) < 4.78 is 0. The summed E-state index contributed by atoms with van der Waals surface area (Å²) in [6.45, 7) is -0.522. The molecule has 0 radical (unpaired) electrons. The molecule has 0 unspecified atom stereocenters. The van der Waals surface area contributed by atoms with Crippen molar-refractivity contribution in [1.82, 2.24) is 20.6 Å². The number of carbonyl (C=O) groups is 6. The number of nitrogens with one attached hydrogen (secondary N) is 2. The Labute approximate surface area is 228 Å². The highest BCUT2D eigenvalue weighted by Crippen LogP contribution is 2.33. The van der Waals surface area contributed by atoms with Gasteiger partial charge in [-0.1, -0.05) is 24.3 Å². The molecule has 2 aromatic carbocycles. The van der Waals surface area contributed by atoms with Crippen molar-refractivity contribution in [1.29, 1.82) is 0 Å². The van der Waals surface area contributed by atoms with Crippen LogP contribution in [0.4, 0.5) is 11.4 Å². The zero-order valence-corrected chi connectivity index (χ0v) is 21.4. The lowest BCUT2D eigenvalue weighted by molar-refractivity contribution is -0.127. The number of Topliss-reactive ketones (excluding diaryl/α,β-unsaturated/α-hetero) is 1. The predicted molar refractivity (Wildman–Crippen MR) is 142 cm³/mol. The van der Waals surface area contributed by atoms with E-state index in [0.29, 0.717) is 17.3 Å². The number of fused-ring (bicyclic) bond motifs is 2. The number of benzene rings is 2. The van der Waals surface area contributed by atoms with Gasteiger partial charge in [-0.15, -0.1) is 0 Å². The zero-order chi connectivity index (χ0) is 28.8. The summed E-state index contributed by atoms with van der Waals surface area (Å²) in [6.07, 6.45) is 1.46. The van der Waals surface area contributed by atoms with Gasteiger partial charge in [0.05, 0.1) is 41.2 Å². The fourth-order valence-corrected chi connectivity index (χ4v) is 4.32. The molecule has 0 saturated heterocycles. The second-order valence-electron chi connectivity index (χ2n) is 9.06. The van der Waals surface area contributed by atoms with Crippen molar-refractivity contribution in [2.24, 2.45) is 0 Å². The maximum absolute atomic E-state index is 13.8. The highest BCUT2D eigenvalue weighted by Gasteiger charge is 2.38. The molecular weight excluding hydrogens is 520 g/mol. The van der Waals surface area contributed by atoms with Gasteiger partial charge < -0.3 is 25.4 Å². The summed E-state index contributed by atoms with van der Waals surface area (Å²) in [5.41, 5.74) is 1.34. The van der Waals surface area contributed by atoms with E-state index in [1.54, 1.807) is 36.4 Å². The fraction of sp³-hybridized carbons (Fsp3) is 0.259. The van der Waals surface area contributed by atoms with Crippen LogP contribution in [-0.4, -0.2) is 82.6 Å². The van der Waals surface area contributed by atoms with Crippen LogP contribution in [0.25, 0.3) is 11.0 Å². The van der Waals surface area contributed by atoms with Crippen molar-refractivity contribution in [2.45, 2.75) is 25.4 Å². The van der Waals surface area contributed by atoms with Gasteiger partial charge in [0.15, 0.2) is 0 Å². The number of carbonyl (C=O) groups excluding carboxylic acids is 6. The van der Waals surface area contributed by atoms with Crippen molar-refractivity contribution >= 4 is 58.1 Å². The predicted octanol–water partition coefficient (Wildman–Crippen LogP) is -0.237. The van der Waals surface area contributed by atoms with E-state index in [0.717, 1.165) is 9.80 Å².